The SMILES string of the molecule is CCCCCCCCCCOc1ccc(/C=C/C(=O)c2ccc(O)cc2)cc1. The minimum absolute atomic E-state index is 0.0879. The van der Waals surface area contributed by atoms with Crippen LogP contribution in [0.15, 0.2) is 54.6 Å². The van der Waals surface area contributed by atoms with Gasteiger partial charge in [-0.15, -0.1) is 0 Å². The van der Waals surface area contributed by atoms with Crippen LogP contribution in [-0.4, -0.2) is 17.5 Å². The van der Waals surface area contributed by atoms with E-state index in [2.05, 4.69) is 6.92 Å². The molecule has 0 spiro atoms. The van der Waals surface area contributed by atoms with Crippen LogP contribution in [0.1, 0.15) is 74.2 Å². The van der Waals surface area contributed by atoms with Crippen molar-refractivity contribution in [2.24, 2.45) is 0 Å². The van der Waals surface area contributed by atoms with Crippen LogP contribution in [0.5, 0.6) is 11.5 Å². The average molecular weight is 381 g/mol. The number of hydrogen-bond acceptors (Lipinski definition) is 3. The van der Waals surface area contributed by atoms with Gasteiger partial charge in [0.05, 0.1) is 6.61 Å². The van der Waals surface area contributed by atoms with Crippen molar-refractivity contribution >= 4 is 11.9 Å². The number of allylic oxidation sites excluding steroid dienone is 1. The molecule has 0 amide bonds. The van der Waals surface area contributed by atoms with Crippen LogP contribution in [-0.2, 0) is 0 Å². The zero-order valence-corrected chi connectivity index (χ0v) is 16.9. The summed E-state index contributed by atoms with van der Waals surface area (Å²) < 4.78 is 5.80. The maximum Gasteiger partial charge on any atom is 0.185 e. The van der Waals surface area contributed by atoms with Gasteiger partial charge in [0.15, 0.2) is 5.78 Å². The van der Waals surface area contributed by atoms with Crippen molar-refractivity contribution < 1.29 is 14.6 Å². The minimum Gasteiger partial charge on any atom is -0.508 e. The van der Waals surface area contributed by atoms with Crippen molar-refractivity contribution in [2.75, 3.05) is 6.61 Å². The topological polar surface area (TPSA) is 46.5 Å². The lowest BCUT2D eigenvalue weighted by Crippen LogP contribution is -1.97. The molecule has 3 heteroatoms. The standard InChI is InChI=1S/C25H32O3/c1-2-3-4-5-6-7-8-9-20-28-24-17-10-21(11-18-24)12-19-25(27)22-13-15-23(26)16-14-22/h10-19,26H,2-9,20H2,1H3/b19-12+. The molecule has 0 saturated heterocycles. The molecule has 0 fully saturated rings. The Kier molecular flexibility index (Phi) is 9.92. The maximum atomic E-state index is 12.1. The first-order valence-corrected chi connectivity index (χ1v) is 10.4. The maximum absolute atomic E-state index is 12.1. The molecule has 0 aliphatic heterocycles. The number of benzene rings is 2. The first kappa shape index (κ1) is 21.7. The molecular weight excluding hydrogens is 348 g/mol. The zero-order chi connectivity index (χ0) is 20.0. The molecule has 0 aromatic heterocycles. The van der Waals surface area contributed by atoms with Gasteiger partial charge in [0.1, 0.15) is 11.5 Å². The van der Waals surface area contributed by atoms with Crippen LogP contribution in [0.2, 0.25) is 0 Å². The number of aromatic hydroxyl groups is 1. The average Bonchev–Trinajstić information content (AvgIpc) is 2.72. The van der Waals surface area contributed by atoms with Crippen molar-refractivity contribution in [1.29, 1.82) is 0 Å². The summed E-state index contributed by atoms with van der Waals surface area (Å²) >= 11 is 0. The predicted octanol–water partition coefficient (Wildman–Crippen LogP) is 6.81. The fourth-order valence-corrected chi connectivity index (χ4v) is 2.99. The number of carbonyl (C=O) groups is 1. The van der Waals surface area contributed by atoms with Gasteiger partial charge in [-0.3, -0.25) is 4.79 Å². The lowest BCUT2D eigenvalue weighted by atomic mass is 10.1. The Morgan fingerprint density at radius 2 is 1.46 bits per heavy atom. The fourth-order valence-electron chi connectivity index (χ4n) is 2.99. The molecule has 0 heterocycles. The number of ketones is 1. The van der Waals surface area contributed by atoms with Crippen molar-refractivity contribution in [3.05, 3.63) is 65.7 Å². The highest BCUT2D eigenvalue weighted by Gasteiger charge is 2.01. The second kappa shape index (κ2) is 12.8. The molecule has 0 aliphatic rings. The zero-order valence-electron chi connectivity index (χ0n) is 16.9. The summed E-state index contributed by atoms with van der Waals surface area (Å²) in [6.07, 6.45) is 13.7. The molecule has 28 heavy (non-hydrogen) atoms. The monoisotopic (exact) mass is 380 g/mol. The van der Waals surface area contributed by atoms with Crippen LogP contribution in [0, 0.1) is 0 Å². The van der Waals surface area contributed by atoms with Gasteiger partial charge in [0.2, 0.25) is 0 Å². The lowest BCUT2D eigenvalue weighted by molar-refractivity contribution is 0.104. The Bertz CT molecular complexity index is 714. The highest BCUT2D eigenvalue weighted by Crippen LogP contribution is 2.16. The van der Waals surface area contributed by atoms with E-state index in [1.54, 1.807) is 24.3 Å². The second-order valence-corrected chi connectivity index (χ2v) is 7.14. The molecule has 3 nitrogen and oxygen atoms in total. The molecule has 0 saturated carbocycles. The summed E-state index contributed by atoms with van der Waals surface area (Å²) in [7, 11) is 0. The van der Waals surface area contributed by atoms with Gasteiger partial charge in [-0.25, -0.2) is 0 Å². The molecule has 2 aromatic rings. The van der Waals surface area contributed by atoms with Gasteiger partial charge in [-0.05, 0) is 54.5 Å². The van der Waals surface area contributed by atoms with Crippen LogP contribution < -0.4 is 4.74 Å². The minimum atomic E-state index is -0.0879. The summed E-state index contributed by atoms with van der Waals surface area (Å²) in [5, 5.41) is 9.27. The number of hydrogen-bond donors (Lipinski definition) is 1. The molecule has 2 rings (SSSR count). The van der Waals surface area contributed by atoms with E-state index in [9.17, 15) is 9.90 Å². The van der Waals surface area contributed by atoms with Gasteiger partial charge >= 0.3 is 0 Å². The van der Waals surface area contributed by atoms with Gasteiger partial charge in [0.25, 0.3) is 0 Å². The number of ether oxygens (including phenoxy) is 1. The van der Waals surface area contributed by atoms with E-state index in [1.807, 2.05) is 24.3 Å². The first-order chi connectivity index (χ1) is 13.7. The third kappa shape index (κ3) is 8.43. The molecule has 0 unspecified atom stereocenters. The van der Waals surface area contributed by atoms with Crippen LogP contribution in [0.4, 0.5) is 0 Å². The van der Waals surface area contributed by atoms with Crippen molar-refractivity contribution in [3.8, 4) is 11.5 Å². The number of phenols is 1. The predicted molar refractivity (Wildman–Crippen MR) is 116 cm³/mol. The Hall–Kier alpha value is -2.55. The van der Waals surface area contributed by atoms with E-state index < -0.39 is 0 Å². The Labute approximate surface area is 169 Å². The summed E-state index contributed by atoms with van der Waals surface area (Å²) in [4.78, 5) is 12.1. The quantitative estimate of drug-likeness (QED) is 0.236. The second-order valence-electron chi connectivity index (χ2n) is 7.14. The molecular formula is C25H32O3. The third-order valence-electron chi connectivity index (χ3n) is 4.73. The number of phenolic OH excluding ortho intramolecular Hbond substituents is 1. The third-order valence-corrected chi connectivity index (χ3v) is 4.73. The van der Waals surface area contributed by atoms with Crippen molar-refractivity contribution in [1.82, 2.24) is 0 Å². The van der Waals surface area contributed by atoms with Gasteiger partial charge in [0, 0.05) is 5.56 Å². The van der Waals surface area contributed by atoms with Crippen LogP contribution in [0.3, 0.4) is 0 Å². The fraction of sp³-hybridized carbons (Fsp3) is 0.400. The van der Waals surface area contributed by atoms with E-state index in [1.165, 1.54) is 57.1 Å². The van der Waals surface area contributed by atoms with Crippen molar-refractivity contribution in [3.63, 3.8) is 0 Å². The molecule has 2 aromatic carbocycles. The molecule has 150 valence electrons. The number of unbranched alkanes of at least 4 members (excludes halogenated alkanes) is 7. The lowest BCUT2D eigenvalue weighted by Gasteiger charge is -2.06. The summed E-state index contributed by atoms with van der Waals surface area (Å²) in [6.45, 7) is 3.00. The Morgan fingerprint density at radius 1 is 0.857 bits per heavy atom. The van der Waals surface area contributed by atoms with Crippen LogP contribution >= 0.6 is 0 Å². The first-order valence-electron chi connectivity index (χ1n) is 10.4. The Morgan fingerprint density at radius 3 is 2.11 bits per heavy atom. The van der Waals surface area contributed by atoms with Gasteiger partial charge in [-0.2, -0.15) is 0 Å². The molecule has 1 N–H and O–H groups in total. The molecule has 0 atom stereocenters. The number of rotatable bonds is 13. The molecule has 0 bridgehead atoms. The molecule has 0 aliphatic carbocycles. The summed E-state index contributed by atoms with van der Waals surface area (Å²) in [5.74, 6) is 0.933. The van der Waals surface area contributed by atoms with Gasteiger partial charge < -0.3 is 9.84 Å². The summed E-state index contributed by atoms with van der Waals surface area (Å²) in [5.41, 5.74) is 1.51. The van der Waals surface area contributed by atoms with E-state index in [4.69, 9.17) is 4.74 Å². The van der Waals surface area contributed by atoms with E-state index >= 15 is 0 Å². The smallest absolute Gasteiger partial charge is 0.185 e. The van der Waals surface area contributed by atoms with Crippen molar-refractivity contribution in [2.45, 2.75) is 58.3 Å². The van der Waals surface area contributed by atoms with Gasteiger partial charge in [-0.1, -0.05) is 70.1 Å². The van der Waals surface area contributed by atoms with E-state index in [0.29, 0.717) is 5.56 Å². The highest BCUT2D eigenvalue weighted by molar-refractivity contribution is 6.06. The molecule has 0 radical (unpaired) electrons. The Balaban J connectivity index is 1.66. The van der Waals surface area contributed by atoms with Crippen LogP contribution in [0.25, 0.3) is 6.08 Å². The van der Waals surface area contributed by atoms with E-state index in [0.717, 1.165) is 24.3 Å². The highest BCUT2D eigenvalue weighted by atomic mass is 16.5. The normalized spacial score (nSPS) is 11.0. The number of carbonyl (C=O) groups excluding carboxylic acids is 1. The summed E-state index contributed by atoms with van der Waals surface area (Å²) in [6, 6.07) is 14.0. The largest absolute Gasteiger partial charge is 0.508 e. The van der Waals surface area contributed by atoms with E-state index in [-0.39, 0.29) is 11.5 Å².